The van der Waals surface area contributed by atoms with Crippen LogP contribution in [-0.4, -0.2) is 41.3 Å². The molecule has 0 amide bonds. The average Bonchev–Trinajstić information content (AvgIpc) is 3.35. The number of hydrogen-bond donors (Lipinski definition) is 0. The minimum Gasteiger partial charge on any atom is -0.496 e. The molecule has 1 heterocycles. The van der Waals surface area contributed by atoms with E-state index in [-0.39, 0.29) is 5.78 Å². The summed E-state index contributed by atoms with van der Waals surface area (Å²) < 4.78 is 27.1. The van der Waals surface area contributed by atoms with Gasteiger partial charge in [0.15, 0.2) is 17.3 Å². The fourth-order valence-electron chi connectivity index (χ4n) is 3.23. The van der Waals surface area contributed by atoms with Crippen molar-refractivity contribution in [1.29, 1.82) is 0 Å². The molecule has 0 unspecified atom stereocenters. The summed E-state index contributed by atoms with van der Waals surface area (Å²) in [6.07, 6.45) is 3.19. The second-order valence-corrected chi connectivity index (χ2v) is 7.30. The van der Waals surface area contributed by atoms with Crippen LogP contribution in [0.4, 0.5) is 0 Å². The highest BCUT2D eigenvalue weighted by molar-refractivity contribution is 7.13. The average molecular weight is 441 g/mol. The van der Waals surface area contributed by atoms with Crippen LogP contribution in [0.15, 0.2) is 47.9 Å². The van der Waals surface area contributed by atoms with Gasteiger partial charge in [-0.1, -0.05) is 6.07 Å². The predicted octanol–water partition coefficient (Wildman–Crippen LogP) is 5.35. The summed E-state index contributed by atoms with van der Waals surface area (Å²) in [4.78, 5) is 14.0. The number of thiophene rings is 1. The molecule has 0 aliphatic heterocycles. The zero-order valence-corrected chi connectivity index (χ0v) is 18.9. The summed E-state index contributed by atoms with van der Waals surface area (Å²) in [5, 5.41) is 2.00. The molecule has 0 saturated carbocycles. The smallest absolute Gasteiger partial charge is 0.204 e. The fourth-order valence-corrected chi connectivity index (χ4v) is 3.98. The third-order valence-electron chi connectivity index (χ3n) is 4.72. The molecule has 7 heteroatoms. The van der Waals surface area contributed by atoms with E-state index >= 15 is 0 Å². The molecule has 2 aromatic carbocycles. The Labute approximate surface area is 185 Å². The number of ketones is 1. The monoisotopic (exact) mass is 440 g/mol. The second-order valence-electron chi connectivity index (χ2n) is 6.35. The van der Waals surface area contributed by atoms with Crippen LogP contribution in [0.3, 0.4) is 0 Å². The van der Waals surface area contributed by atoms with Crippen LogP contribution in [-0.2, 0) is 0 Å². The van der Waals surface area contributed by atoms with Crippen LogP contribution in [0, 0.1) is 0 Å². The lowest BCUT2D eigenvalue weighted by Gasteiger charge is -2.14. The van der Waals surface area contributed by atoms with Gasteiger partial charge < -0.3 is 23.7 Å². The highest BCUT2D eigenvalue weighted by atomic mass is 32.1. The Balaban J connectivity index is 2.02. The molecule has 0 fully saturated rings. The number of rotatable bonds is 9. The molecular formula is C24H24O6S. The van der Waals surface area contributed by atoms with Gasteiger partial charge in [-0.3, -0.25) is 4.79 Å². The molecule has 162 valence electrons. The lowest BCUT2D eigenvalue weighted by molar-refractivity contribution is 0.104. The first-order valence-corrected chi connectivity index (χ1v) is 10.3. The van der Waals surface area contributed by atoms with Crippen LogP contribution in [0.5, 0.6) is 28.7 Å². The van der Waals surface area contributed by atoms with Crippen molar-refractivity contribution in [3.63, 3.8) is 0 Å². The fraction of sp³-hybridized carbons (Fsp3) is 0.208. The van der Waals surface area contributed by atoms with Gasteiger partial charge in [-0.05, 0) is 41.8 Å². The Kier molecular flexibility index (Phi) is 7.20. The molecule has 1 aromatic heterocycles. The summed E-state index contributed by atoms with van der Waals surface area (Å²) in [5.41, 5.74) is 2.04. The van der Waals surface area contributed by atoms with Crippen LogP contribution >= 0.6 is 11.3 Å². The van der Waals surface area contributed by atoms with Gasteiger partial charge in [0.05, 0.1) is 41.1 Å². The molecule has 3 rings (SSSR count). The summed E-state index contributed by atoms with van der Waals surface area (Å²) >= 11 is 1.61. The van der Waals surface area contributed by atoms with E-state index in [0.717, 1.165) is 16.0 Å². The zero-order valence-electron chi connectivity index (χ0n) is 18.1. The van der Waals surface area contributed by atoms with Crippen LogP contribution in [0.2, 0.25) is 0 Å². The molecule has 0 bridgehead atoms. The molecule has 0 radical (unpaired) electrons. The molecule has 0 spiro atoms. The summed E-state index contributed by atoms with van der Waals surface area (Å²) in [5.74, 6) is 2.22. The minimum absolute atomic E-state index is 0.242. The number of carbonyl (C=O) groups excluding carboxylic acids is 1. The SMILES string of the molecule is COc1cc(OC)c(-c2cccs2)cc1C=CC(=O)c1ccc(OC)c(OC)c1OC. The first kappa shape index (κ1) is 22.2. The normalized spacial score (nSPS) is 10.7. The molecule has 31 heavy (non-hydrogen) atoms. The highest BCUT2D eigenvalue weighted by Gasteiger charge is 2.19. The summed E-state index contributed by atoms with van der Waals surface area (Å²) in [6, 6.07) is 11.1. The Bertz CT molecular complexity index is 1090. The Morgan fingerprint density at radius 3 is 2.10 bits per heavy atom. The maximum atomic E-state index is 13.0. The lowest BCUT2D eigenvalue weighted by Crippen LogP contribution is -2.03. The predicted molar refractivity (Wildman–Crippen MR) is 122 cm³/mol. The summed E-state index contributed by atoms with van der Waals surface area (Å²) in [6.45, 7) is 0. The van der Waals surface area contributed by atoms with Crippen molar-refractivity contribution in [2.24, 2.45) is 0 Å². The van der Waals surface area contributed by atoms with Crippen LogP contribution in [0.25, 0.3) is 16.5 Å². The van der Waals surface area contributed by atoms with E-state index in [1.807, 2.05) is 29.6 Å². The van der Waals surface area contributed by atoms with Gasteiger partial charge in [-0.25, -0.2) is 0 Å². The number of ether oxygens (including phenoxy) is 5. The van der Waals surface area contributed by atoms with Crippen molar-refractivity contribution in [3.8, 4) is 39.2 Å². The van der Waals surface area contributed by atoms with Gasteiger partial charge in [-0.2, -0.15) is 0 Å². The van der Waals surface area contributed by atoms with Gasteiger partial charge in [0.1, 0.15) is 11.5 Å². The lowest BCUT2D eigenvalue weighted by atomic mass is 10.0. The quantitative estimate of drug-likeness (QED) is 0.330. The van der Waals surface area contributed by atoms with Crippen molar-refractivity contribution in [2.45, 2.75) is 0 Å². The molecule has 0 aliphatic carbocycles. The van der Waals surface area contributed by atoms with Crippen LogP contribution in [0.1, 0.15) is 15.9 Å². The molecule has 0 atom stereocenters. The Hall–Kier alpha value is -3.45. The van der Waals surface area contributed by atoms with Gasteiger partial charge in [-0.15, -0.1) is 11.3 Å². The van der Waals surface area contributed by atoms with E-state index < -0.39 is 0 Å². The molecule has 0 aliphatic rings. The number of allylic oxidation sites excluding steroid dienone is 1. The minimum atomic E-state index is -0.242. The third-order valence-corrected chi connectivity index (χ3v) is 5.63. The molecule has 0 saturated heterocycles. The van der Waals surface area contributed by atoms with E-state index in [9.17, 15) is 4.79 Å². The van der Waals surface area contributed by atoms with Crippen molar-refractivity contribution >= 4 is 23.2 Å². The number of benzene rings is 2. The van der Waals surface area contributed by atoms with Gasteiger partial charge in [0.25, 0.3) is 0 Å². The number of hydrogen-bond acceptors (Lipinski definition) is 7. The second kappa shape index (κ2) is 10.0. The van der Waals surface area contributed by atoms with E-state index in [4.69, 9.17) is 23.7 Å². The first-order chi connectivity index (χ1) is 15.1. The Morgan fingerprint density at radius 1 is 0.806 bits per heavy atom. The van der Waals surface area contributed by atoms with Crippen molar-refractivity contribution in [1.82, 2.24) is 0 Å². The standard InChI is InChI=1S/C24H24O6S/c1-26-19-11-9-16(23(29-4)24(19)30-5)18(25)10-8-15-13-17(22-7-6-12-31-22)21(28-3)14-20(15)27-2/h6-14H,1-5H3. The number of methoxy groups -OCH3 is 5. The first-order valence-electron chi connectivity index (χ1n) is 9.39. The highest BCUT2D eigenvalue weighted by Crippen LogP contribution is 2.41. The Morgan fingerprint density at radius 2 is 1.52 bits per heavy atom. The maximum absolute atomic E-state index is 13.0. The van der Waals surface area contributed by atoms with Gasteiger partial charge >= 0.3 is 0 Å². The van der Waals surface area contributed by atoms with Gasteiger partial charge in [0, 0.05) is 22.1 Å². The number of carbonyl (C=O) groups is 1. The third kappa shape index (κ3) is 4.51. The molecule has 0 N–H and O–H groups in total. The summed E-state index contributed by atoms with van der Waals surface area (Å²) in [7, 11) is 7.71. The van der Waals surface area contributed by atoms with E-state index in [1.54, 1.807) is 43.8 Å². The van der Waals surface area contributed by atoms with E-state index in [1.165, 1.54) is 27.4 Å². The topological polar surface area (TPSA) is 63.2 Å². The van der Waals surface area contributed by atoms with E-state index in [0.29, 0.717) is 34.3 Å². The van der Waals surface area contributed by atoms with Crippen LogP contribution < -0.4 is 23.7 Å². The van der Waals surface area contributed by atoms with Crippen molar-refractivity contribution < 1.29 is 28.5 Å². The molecule has 3 aromatic rings. The molecular weight excluding hydrogens is 416 g/mol. The zero-order chi connectivity index (χ0) is 22.4. The van der Waals surface area contributed by atoms with Gasteiger partial charge in [0.2, 0.25) is 5.75 Å². The van der Waals surface area contributed by atoms with Crippen molar-refractivity contribution in [3.05, 3.63) is 59.0 Å². The maximum Gasteiger partial charge on any atom is 0.204 e. The largest absolute Gasteiger partial charge is 0.496 e. The van der Waals surface area contributed by atoms with Crippen molar-refractivity contribution in [2.75, 3.05) is 35.5 Å². The van der Waals surface area contributed by atoms with E-state index in [2.05, 4.69) is 0 Å². The molecule has 6 nitrogen and oxygen atoms in total.